The number of likely N-dealkylation sites (N-methyl/N-ethyl adjacent to an activating group) is 1. The highest BCUT2D eigenvalue weighted by molar-refractivity contribution is 7.09. The Morgan fingerprint density at radius 1 is 1.59 bits per heavy atom. The third-order valence-electron chi connectivity index (χ3n) is 4.17. The second kappa shape index (κ2) is 5.49. The SMILES string of the molecule is CCNC(Cc1nccs1)C1CCCC1(C)C. The van der Waals surface area contributed by atoms with Crippen LogP contribution in [-0.2, 0) is 6.42 Å². The molecule has 2 rings (SSSR count). The monoisotopic (exact) mass is 252 g/mol. The minimum Gasteiger partial charge on any atom is -0.314 e. The summed E-state index contributed by atoms with van der Waals surface area (Å²) in [5.41, 5.74) is 0.490. The van der Waals surface area contributed by atoms with E-state index in [1.807, 2.05) is 6.20 Å². The first-order valence-electron chi connectivity index (χ1n) is 6.75. The molecular formula is C14H24N2S. The molecule has 1 aromatic rings. The second-order valence-electron chi connectivity index (χ2n) is 5.78. The third-order valence-corrected chi connectivity index (χ3v) is 4.97. The van der Waals surface area contributed by atoms with E-state index in [-0.39, 0.29) is 0 Å². The van der Waals surface area contributed by atoms with E-state index in [1.165, 1.54) is 24.3 Å². The van der Waals surface area contributed by atoms with Crippen LogP contribution >= 0.6 is 11.3 Å². The van der Waals surface area contributed by atoms with Crippen molar-refractivity contribution in [3.8, 4) is 0 Å². The first kappa shape index (κ1) is 13.0. The molecule has 0 spiro atoms. The van der Waals surface area contributed by atoms with Gasteiger partial charge in [0.1, 0.15) is 0 Å². The van der Waals surface area contributed by atoms with Crippen molar-refractivity contribution in [1.82, 2.24) is 10.3 Å². The minimum absolute atomic E-state index is 0.490. The fourth-order valence-corrected chi connectivity index (χ4v) is 3.94. The molecule has 0 radical (unpaired) electrons. The van der Waals surface area contributed by atoms with E-state index in [9.17, 15) is 0 Å². The van der Waals surface area contributed by atoms with Gasteiger partial charge in [0.2, 0.25) is 0 Å². The highest BCUT2D eigenvalue weighted by Crippen LogP contribution is 2.44. The van der Waals surface area contributed by atoms with Gasteiger partial charge < -0.3 is 5.32 Å². The lowest BCUT2D eigenvalue weighted by atomic mass is 9.76. The van der Waals surface area contributed by atoms with Gasteiger partial charge >= 0.3 is 0 Å². The Morgan fingerprint density at radius 2 is 2.41 bits per heavy atom. The lowest BCUT2D eigenvalue weighted by Gasteiger charge is -2.34. The molecule has 2 nitrogen and oxygen atoms in total. The van der Waals surface area contributed by atoms with Gasteiger partial charge in [0, 0.05) is 24.0 Å². The largest absolute Gasteiger partial charge is 0.314 e. The summed E-state index contributed by atoms with van der Waals surface area (Å²) in [6.45, 7) is 8.12. The number of nitrogens with one attached hydrogen (secondary N) is 1. The van der Waals surface area contributed by atoms with E-state index in [0.29, 0.717) is 11.5 Å². The van der Waals surface area contributed by atoms with Gasteiger partial charge in [0.15, 0.2) is 0 Å². The van der Waals surface area contributed by atoms with Crippen molar-refractivity contribution in [2.24, 2.45) is 11.3 Å². The predicted molar refractivity (Wildman–Crippen MR) is 74.4 cm³/mol. The molecule has 3 heteroatoms. The molecule has 2 unspecified atom stereocenters. The van der Waals surface area contributed by atoms with Crippen LogP contribution in [0.1, 0.15) is 45.0 Å². The van der Waals surface area contributed by atoms with Gasteiger partial charge in [-0.15, -0.1) is 11.3 Å². The number of rotatable bonds is 5. The van der Waals surface area contributed by atoms with Crippen LogP contribution in [0.3, 0.4) is 0 Å². The zero-order valence-electron chi connectivity index (χ0n) is 11.2. The molecule has 1 aliphatic carbocycles. The smallest absolute Gasteiger partial charge is 0.0940 e. The van der Waals surface area contributed by atoms with Crippen LogP contribution in [-0.4, -0.2) is 17.6 Å². The fraction of sp³-hybridized carbons (Fsp3) is 0.786. The van der Waals surface area contributed by atoms with Crippen LogP contribution in [0.15, 0.2) is 11.6 Å². The number of thiazole rings is 1. The second-order valence-corrected chi connectivity index (χ2v) is 6.76. The maximum Gasteiger partial charge on any atom is 0.0940 e. The lowest BCUT2D eigenvalue weighted by Crippen LogP contribution is -2.42. The Bertz CT molecular complexity index is 332. The number of hydrogen-bond acceptors (Lipinski definition) is 3. The summed E-state index contributed by atoms with van der Waals surface area (Å²) >= 11 is 1.78. The van der Waals surface area contributed by atoms with Gasteiger partial charge in [-0.05, 0) is 30.7 Å². The summed E-state index contributed by atoms with van der Waals surface area (Å²) in [6, 6.07) is 0.601. The van der Waals surface area contributed by atoms with Crippen LogP contribution in [0.25, 0.3) is 0 Å². The molecule has 1 heterocycles. The molecule has 1 aromatic heterocycles. The normalized spacial score (nSPS) is 25.0. The molecule has 2 atom stereocenters. The van der Waals surface area contributed by atoms with Crippen molar-refractivity contribution in [3.63, 3.8) is 0 Å². The van der Waals surface area contributed by atoms with Crippen molar-refractivity contribution in [2.45, 2.75) is 52.5 Å². The van der Waals surface area contributed by atoms with Crippen molar-refractivity contribution >= 4 is 11.3 Å². The molecule has 0 saturated heterocycles. The first-order chi connectivity index (χ1) is 8.13. The van der Waals surface area contributed by atoms with Gasteiger partial charge in [-0.2, -0.15) is 0 Å². The zero-order valence-corrected chi connectivity index (χ0v) is 12.0. The van der Waals surface area contributed by atoms with Crippen LogP contribution in [0.4, 0.5) is 0 Å². The summed E-state index contributed by atoms with van der Waals surface area (Å²) in [5, 5.41) is 7.04. The van der Waals surface area contributed by atoms with Gasteiger partial charge in [-0.3, -0.25) is 0 Å². The molecule has 17 heavy (non-hydrogen) atoms. The molecule has 0 amide bonds. The quantitative estimate of drug-likeness (QED) is 0.867. The Kier molecular flexibility index (Phi) is 4.21. The zero-order chi connectivity index (χ0) is 12.3. The van der Waals surface area contributed by atoms with Gasteiger partial charge in [0.05, 0.1) is 5.01 Å². The molecule has 1 saturated carbocycles. The minimum atomic E-state index is 0.490. The van der Waals surface area contributed by atoms with E-state index < -0.39 is 0 Å². The van der Waals surface area contributed by atoms with Crippen LogP contribution in [0.5, 0.6) is 0 Å². The first-order valence-corrected chi connectivity index (χ1v) is 7.63. The molecule has 96 valence electrons. The van der Waals surface area contributed by atoms with Crippen molar-refractivity contribution in [3.05, 3.63) is 16.6 Å². The van der Waals surface area contributed by atoms with Crippen LogP contribution < -0.4 is 5.32 Å². The average Bonchev–Trinajstić information content (AvgIpc) is 2.86. The fourth-order valence-electron chi connectivity index (χ4n) is 3.26. The molecule has 1 N–H and O–H groups in total. The average molecular weight is 252 g/mol. The Morgan fingerprint density at radius 3 is 2.94 bits per heavy atom. The molecule has 0 aromatic carbocycles. The van der Waals surface area contributed by atoms with Gasteiger partial charge in [-0.1, -0.05) is 27.2 Å². The number of nitrogens with zero attached hydrogens (tertiary/aromatic N) is 1. The van der Waals surface area contributed by atoms with Crippen LogP contribution in [0.2, 0.25) is 0 Å². The molecule has 1 fully saturated rings. The topological polar surface area (TPSA) is 24.9 Å². The maximum atomic E-state index is 4.44. The summed E-state index contributed by atoms with van der Waals surface area (Å²) in [7, 11) is 0. The summed E-state index contributed by atoms with van der Waals surface area (Å²) in [5.74, 6) is 0.798. The van der Waals surface area contributed by atoms with E-state index in [0.717, 1.165) is 18.9 Å². The lowest BCUT2D eigenvalue weighted by molar-refractivity contribution is 0.197. The Labute approximate surface area is 109 Å². The van der Waals surface area contributed by atoms with Gasteiger partial charge in [-0.25, -0.2) is 4.98 Å². The standard InChI is InChI=1S/C14H24N2S/c1-4-15-12(10-13-16-8-9-17-13)11-6-5-7-14(11,2)3/h8-9,11-12,15H,4-7,10H2,1-3H3. The third kappa shape index (κ3) is 3.08. The van der Waals surface area contributed by atoms with Crippen molar-refractivity contribution in [2.75, 3.05) is 6.54 Å². The van der Waals surface area contributed by atoms with Crippen LogP contribution in [0, 0.1) is 11.3 Å². The summed E-state index contributed by atoms with van der Waals surface area (Å²) < 4.78 is 0. The van der Waals surface area contributed by atoms with Gasteiger partial charge in [0.25, 0.3) is 0 Å². The number of aromatic nitrogens is 1. The molecular weight excluding hydrogens is 228 g/mol. The Balaban J connectivity index is 2.06. The van der Waals surface area contributed by atoms with E-state index in [4.69, 9.17) is 0 Å². The molecule has 0 aliphatic heterocycles. The highest BCUT2D eigenvalue weighted by Gasteiger charge is 2.39. The highest BCUT2D eigenvalue weighted by atomic mass is 32.1. The number of hydrogen-bond donors (Lipinski definition) is 1. The van der Waals surface area contributed by atoms with E-state index in [2.05, 4.69) is 36.5 Å². The maximum absolute atomic E-state index is 4.44. The molecule has 0 bridgehead atoms. The van der Waals surface area contributed by atoms with E-state index in [1.54, 1.807) is 11.3 Å². The Hall–Kier alpha value is -0.410. The van der Waals surface area contributed by atoms with Crippen molar-refractivity contribution in [1.29, 1.82) is 0 Å². The summed E-state index contributed by atoms with van der Waals surface area (Å²) in [6.07, 6.45) is 7.15. The molecule has 1 aliphatic rings. The predicted octanol–water partition coefficient (Wildman–Crippen LogP) is 3.49. The summed E-state index contributed by atoms with van der Waals surface area (Å²) in [4.78, 5) is 4.44. The van der Waals surface area contributed by atoms with Crippen molar-refractivity contribution < 1.29 is 0 Å². The van der Waals surface area contributed by atoms with E-state index >= 15 is 0 Å².